The Morgan fingerprint density at radius 2 is 1.72 bits per heavy atom. The Balaban J connectivity index is 1.58. The van der Waals surface area contributed by atoms with Gasteiger partial charge in [0.1, 0.15) is 0 Å². The van der Waals surface area contributed by atoms with Gasteiger partial charge in [0.05, 0.1) is 41.2 Å². The van der Waals surface area contributed by atoms with E-state index in [1.54, 1.807) is 24.3 Å². The van der Waals surface area contributed by atoms with Crippen molar-refractivity contribution in [1.82, 2.24) is 0 Å². The molecule has 3 rings (SSSR count). The van der Waals surface area contributed by atoms with Crippen molar-refractivity contribution >= 4 is 9.84 Å². The van der Waals surface area contributed by atoms with Crippen molar-refractivity contribution in [3.05, 3.63) is 54.6 Å². The van der Waals surface area contributed by atoms with Crippen LogP contribution in [-0.4, -0.2) is 49.8 Å². The van der Waals surface area contributed by atoms with Crippen LogP contribution in [0.2, 0.25) is 0 Å². The number of unbranched alkanes of at least 4 members (excludes halogenated alkanes) is 1. The molecular formula is C37H60O5S. The van der Waals surface area contributed by atoms with Gasteiger partial charge in [-0.25, -0.2) is 8.42 Å². The van der Waals surface area contributed by atoms with Gasteiger partial charge in [-0.3, -0.25) is 0 Å². The van der Waals surface area contributed by atoms with E-state index in [1.807, 2.05) is 6.07 Å². The van der Waals surface area contributed by atoms with Crippen LogP contribution < -0.4 is 0 Å². The lowest BCUT2D eigenvalue weighted by Gasteiger charge is -2.28. The van der Waals surface area contributed by atoms with E-state index in [-0.39, 0.29) is 53.8 Å². The molecule has 10 atom stereocenters. The van der Waals surface area contributed by atoms with Crippen LogP contribution in [0.3, 0.4) is 0 Å². The number of aliphatic hydroxyl groups excluding tert-OH is 1. The number of aliphatic hydroxyl groups is 1. The largest absolute Gasteiger partial charge is 0.393 e. The summed E-state index contributed by atoms with van der Waals surface area (Å²) < 4.78 is 39.8. The summed E-state index contributed by atoms with van der Waals surface area (Å²) in [5.74, 6) is 1.02. The molecule has 0 aromatic heterocycles. The summed E-state index contributed by atoms with van der Waals surface area (Å²) in [5, 5.41) is 10.9. The lowest BCUT2D eigenvalue weighted by Crippen LogP contribution is -2.30. The second-order valence-corrected chi connectivity index (χ2v) is 15.9. The van der Waals surface area contributed by atoms with Crippen molar-refractivity contribution in [2.75, 3.05) is 5.75 Å². The molecule has 0 bridgehead atoms. The first-order chi connectivity index (χ1) is 20.4. The summed E-state index contributed by atoms with van der Waals surface area (Å²) in [6.07, 6.45) is 9.15. The van der Waals surface area contributed by atoms with Crippen molar-refractivity contribution in [2.45, 2.75) is 141 Å². The number of allylic oxidation sites excluding steroid dienone is 1. The van der Waals surface area contributed by atoms with Crippen LogP contribution >= 0.6 is 0 Å². The summed E-state index contributed by atoms with van der Waals surface area (Å²) in [5.41, 5.74) is 2.27. The quantitative estimate of drug-likeness (QED) is 0.167. The molecular weight excluding hydrogens is 556 g/mol. The second kappa shape index (κ2) is 16.7. The third-order valence-corrected chi connectivity index (χ3v) is 12.2. The van der Waals surface area contributed by atoms with Crippen molar-refractivity contribution in [3.8, 4) is 0 Å². The monoisotopic (exact) mass is 616 g/mol. The van der Waals surface area contributed by atoms with Gasteiger partial charge >= 0.3 is 0 Å². The number of sulfone groups is 1. The second-order valence-electron chi connectivity index (χ2n) is 13.9. The number of hydrogen-bond donors (Lipinski definition) is 1. The molecule has 0 aliphatic carbocycles. The summed E-state index contributed by atoms with van der Waals surface area (Å²) in [6, 6.07) is 8.80. The average Bonchev–Trinajstić information content (AvgIpc) is 3.47. The lowest BCUT2D eigenvalue weighted by atomic mass is 9.80. The van der Waals surface area contributed by atoms with Gasteiger partial charge in [-0.05, 0) is 86.3 Å². The Hall–Kier alpha value is -1.47. The molecule has 2 fully saturated rings. The van der Waals surface area contributed by atoms with Gasteiger partial charge in [0.25, 0.3) is 0 Å². The van der Waals surface area contributed by atoms with Gasteiger partial charge in [0.2, 0.25) is 0 Å². The van der Waals surface area contributed by atoms with E-state index in [0.29, 0.717) is 23.7 Å². The molecule has 1 aromatic carbocycles. The van der Waals surface area contributed by atoms with Crippen molar-refractivity contribution < 1.29 is 23.0 Å². The molecule has 0 spiro atoms. The topological polar surface area (TPSA) is 72.8 Å². The maximum atomic E-state index is 13.4. The zero-order valence-electron chi connectivity index (χ0n) is 27.8. The SMILES string of the molecule is C=C1C[C@H](CCCC)OC1CC[C@@H](O)C[C@@H](C)C(=C)[C@H](C)C[C@@H]1OC(C[C@H](C)CC)[C@H](C)[C@H]1CS(=O)(=O)c1ccccc1. The molecule has 0 amide bonds. The molecule has 2 aliphatic rings. The molecule has 1 N–H and O–H groups in total. The average molecular weight is 617 g/mol. The van der Waals surface area contributed by atoms with Crippen LogP contribution in [0.15, 0.2) is 59.5 Å². The van der Waals surface area contributed by atoms with Crippen LogP contribution in [0, 0.1) is 29.6 Å². The van der Waals surface area contributed by atoms with Crippen LogP contribution in [-0.2, 0) is 19.3 Å². The highest BCUT2D eigenvalue weighted by Gasteiger charge is 2.44. The maximum absolute atomic E-state index is 13.4. The summed E-state index contributed by atoms with van der Waals surface area (Å²) in [7, 11) is -3.43. The van der Waals surface area contributed by atoms with Crippen molar-refractivity contribution in [3.63, 3.8) is 0 Å². The molecule has 5 nitrogen and oxygen atoms in total. The number of benzene rings is 1. The predicted molar refractivity (Wildman–Crippen MR) is 178 cm³/mol. The first kappa shape index (κ1) is 36.0. The minimum Gasteiger partial charge on any atom is -0.393 e. The molecule has 2 heterocycles. The number of rotatable bonds is 18. The normalized spacial score (nSPS) is 29.0. The van der Waals surface area contributed by atoms with Gasteiger partial charge < -0.3 is 14.6 Å². The molecule has 2 aliphatic heterocycles. The molecule has 0 saturated carbocycles. The van der Waals surface area contributed by atoms with Crippen molar-refractivity contribution in [2.24, 2.45) is 29.6 Å². The van der Waals surface area contributed by atoms with Gasteiger partial charge in [0, 0.05) is 5.92 Å². The maximum Gasteiger partial charge on any atom is 0.178 e. The minimum atomic E-state index is -3.43. The van der Waals surface area contributed by atoms with Crippen LogP contribution in [0.25, 0.3) is 0 Å². The Morgan fingerprint density at radius 3 is 2.37 bits per heavy atom. The first-order valence-corrected chi connectivity index (χ1v) is 18.6. The van der Waals surface area contributed by atoms with Gasteiger partial charge in [0.15, 0.2) is 9.84 Å². The molecule has 0 radical (unpaired) electrons. The van der Waals surface area contributed by atoms with Gasteiger partial charge in [-0.2, -0.15) is 0 Å². The Bertz CT molecular complexity index is 1120. The smallest absolute Gasteiger partial charge is 0.178 e. The lowest BCUT2D eigenvalue weighted by molar-refractivity contribution is 0.00899. The first-order valence-electron chi connectivity index (χ1n) is 17.0. The zero-order valence-corrected chi connectivity index (χ0v) is 28.7. The highest BCUT2D eigenvalue weighted by atomic mass is 32.2. The standard InChI is InChI=1S/C37H60O5S/c1-9-11-15-32-22-28(6)35(41-32)19-18-31(38)21-26(4)29(7)27(5)23-37-34(30(8)36(42-37)20-25(3)10-2)24-43(39,40)33-16-13-12-14-17-33/h12-14,16-17,25-27,30-32,34-38H,6-7,9-11,15,18-24H2,1-5,8H3/t25-,26-,27-,30-,31-,32+,34-,35?,36?,37+/m1/s1. The number of ether oxygens (including phenoxy) is 2. The predicted octanol–water partition coefficient (Wildman–Crippen LogP) is 8.57. The fraction of sp³-hybridized carbons (Fsp3) is 0.730. The molecule has 1 aromatic rings. The van der Waals surface area contributed by atoms with E-state index in [9.17, 15) is 13.5 Å². The minimum absolute atomic E-state index is 0.0583. The molecule has 2 unspecified atom stereocenters. The van der Waals surface area contributed by atoms with Crippen LogP contribution in [0.4, 0.5) is 0 Å². The fourth-order valence-corrected chi connectivity index (χ4v) is 8.83. The van der Waals surface area contributed by atoms with Gasteiger partial charge in [-0.1, -0.05) is 97.7 Å². The van der Waals surface area contributed by atoms with E-state index in [1.165, 1.54) is 18.4 Å². The van der Waals surface area contributed by atoms with Crippen molar-refractivity contribution in [1.29, 1.82) is 0 Å². The van der Waals surface area contributed by atoms with E-state index >= 15 is 0 Å². The van der Waals surface area contributed by atoms with Gasteiger partial charge in [-0.15, -0.1) is 0 Å². The Kier molecular flexibility index (Phi) is 14.0. The molecule has 6 heteroatoms. The Morgan fingerprint density at radius 1 is 1.02 bits per heavy atom. The zero-order chi connectivity index (χ0) is 31.7. The summed E-state index contributed by atoms with van der Waals surface area (Å²) in [4.78, 5) is 0.384. The van der Waals surface area contributed by atoms with Crippen LogP contribution in [0.5, 0.6) is 0 Å². The van der Waals surface area contributed by atoms with E-state index in [0.717, 1.165) is 44.1 Å². The summed E-state index contributed by atoms with van der Waals surface area (Å²) >= 11 is 0. The van der Waals surface area contributed by atoms with E-state index in [4.69, 9.17) is 9.47 Å². The highest BCUT2D eigenvalue weighted by Crippen LogP contribution is 2.42. The molecule has 2 saturated heterocycles. The fourth-order valence-electron chi connectivity index (χ4n) is 7.05. The Labute approximate surface area is 263 Å². The molecule has 43 heavy (non-hydrogen) atoms. The summed E-state index contributed by atoms with van der Waals surface area (Å²) in [6.45, 7) is 21.8. The third kappa shape index (κ3) is 10.3. The highest BCUT2D eigenvalue weighted by molar-refractivity contribution is 7.91. The third-order valence-electron chi connectivity index (χ3n) is 10.4. The molecule has 244 valence electrons. The van der Waals surface area contributed by atoms with E-state index < -0.39 is 15.9 Å². The van der Waals surface area contributed by atoms with E-state index in [2.05, 4.69) is 54.7 Å². The number of hydrogen-bond acceptors (Lipinski definition) is 5. The van der Waals surface area contributed by atoms with Crippen LogP contribution in [0.1, 0.15) is 106 Å².